The molecule has 0 aliphatic carbocycles. The van der Waals surface area contributed by atoms with Crippen LogP contribution in [-0.4, -0.2) is 37.1 Å². The van der Waals surface area contributed by atoms with Gasteiger partial charge in [0, 0.05) is 40.8 Å². The minimum absolute atomic E-state index is 0.0777. The van der Waals surface area contributed by atoms with Gasteiger partial charge in [0.25, 0.3) is 5.91 Å². The number of hydrogen-bond acceptors (Lipinski definition) is 3. The van der Waals surface area contributed by atoms with Crippen LogP contribution in [0.5, 0.6) is 0 Å². The maximum absolute atomic E-state index is 13.0. The summed E-state index contributed by atoms with van der Waals surface area (Å²) in [6, 6.07) is 22.3. The maximum Gasteiger partial charge on any atom is 0.256 e. The van der Waals surface area contributed by atoms with E-state index in [-0.39, 0.29) is 12.0 Å². The van der Waals surface area contributed by atoms with E-state index in [1.807, 2.05) is 60.7 Å². The van der Waals surface area contributed by atoms with Crippen molar-refractivity contribution in [1.82, 2.24) is 4.90 Å². The molecule has 0 bridgehead atoms. The van der Waals surface area contributed by atoms with E-state index >= 15 is 0 Å². The minimum atomic E-state index is -0.630. The van der Waals surface area contributed by atoms with E-state index in [0.717, 1.165) is 16.7 Å². The first-order chi connectivity index (χ1) is 15.5. The number of halogens is 3. The molecule has 1 fully saturated rings. The van der Waals surface area contributed by atoms with Gasteiger partial charge in [0.2, 0.25) is 0 Å². The fraction of sp³-hybridized carbons (Fsp3) is 0.240. The zero-order chi connectivity index (χ0) is 22.7. The number of rotatable bonds is 7. The Hall–Kier alpha value is -2.08. The molecule has 0 spiro atoms. The van der Waals surface area contributed by atoms with Crippen molar-refractivity contribution in [3.8, 4) is 0 Å². The predicted octanol–water partition coefficient (Wildman–Crippen LogP) is 6.35. The van der Waals surface area contributed by atoms with Gasteiger partial charge in [0.15, 0.2) is 6.10 Å². The zero-order valence-electron chi connectivity index (χ0n) is 17.4. The summed E-state index contributed by atoms with van der Waals surface area (Å²) in [6.45, 7) is 0.946. The number of benzene rings is 3. The Labute approximate surface area is 202 Å². The number of ether oxygens (including phenoxy) is 2. The molecule has 7 heteroatoms. The topological polar surface area (TPSA) is 38.8 Å². The number of nitrogens with zero attached hydrogens (tertiary/aromatic N) is 1. The van der Waals surface area contributed by atoms with Gasteiger partial charge >= 0.3 is 0 Å². The molecule has 0 radical (unpaired) electrons. The second-order valence-corrected chi connectivity index (χ2v) is 8.91. The molecule has 1 saturated heterocycles. The normalized spacial score (nSPS) is 15.8. The smallest absolute Gasteiger partial charge is 0.256 e. The average molecular weight is 491 g/mol. The highest BCUT2D eigenvalue weighted by molar-refractivity contribution is 6.35. The first-order valence-electron chi connectivity index (χ1n) is 10.2. The monoisotopic (exact) mass is 489 g/mol. The molecule has 2 atom stereocenters. The van der Waals surface area contributed by atoms with Crippen molar-refractivity contribution in [2.75, 3.05) is 20.2 Å². The van der Waals surface area contributed by atoms with Gasteiger partial charge in [-0.3, -0.25) is 4.79 Å². The standard InChI is InChI=1S/C25H22Cl3NO3/c1-31-24(16-5-3-2-4-6-16)25(30)29-14-20(15-29)32-23(17-7-9-18(26)10-8-17)21-12-11-19(27)13-22(21)28/h2-13,20,23-24H,14-15H2,1H3. The molecule has 2 unspecified atom stereocenters. The third-order valence-corrected chi connectivity index (χ3v) is 6.28. The predicted molar refractivity (Wildman–Crippen MR) is 127 cm³/mol. The van der Waals surface area contributed by atoms with Crippen LogP contribution in [-0.2, 0) is 14.3 Å². The van der Waals surface area contributed by atoms with E-state index in [1.54, 1.807) is 24.1 Å². The average Bonchev–Trinajstić information content (AvgIpc) is 2.76. The number of likely N-dealkylation sites (tertiary alicyclic amines) is 1. The molecule has 0 N–H and O–H groups in total. The summed E-state index contributed by atoms with van der Waals surface area (Å²) in [5.41, 5.74) is 2.56. The van der Waals surface area contributed by atoms with E-state index in [2.05, 4.69) is 0 Å². The third kappa shape index (κ3) is 5.11. The van der Waals surface area contributed by atoms with Crippen molar-refractivity contribution >= 4 is 40.7 Å². The molecule has 166 valence electrons. The van der Waals surface area contributed by atoms with E-state index in [9.17, 15) is 4.79 Å². The highest BCUT2D eigenvalue weighted by Gasteiger charge is 2.37. The lowest BCUT2D eigenvalue weighted by Crippen LogP contribution is -2.56. The lowest BCUT2D eigenvalue weighted by atomic mass is 10.00. The van der Waals surface area contributed by atoms with Gasteiger partial charge in [0.1, 0.15) is 6.10 Å². The van der Waals surface area contributed by atoms with Crippen molar-refractivity contribution in [1.29, 1.82) is 0 Å². The third-order valence-electron chi connectivity index (χ3n) is 5.47. The van der Waals surface area contributed by atoms with Crippen LogP contribution in [0.15, 0.2) is 72.8 Å². The number of amides is 1. The highest BCUT2D eigenvalue weighted by Crippen LogP contribution is 2.36. The summed E-state index contributed by atoms with van der Waals surface area (Å²) in [7, 11) is 1.54. The summed E-state index contributed by atoms with van der Waals surface area (Å²) < 4.78 is 11.9. The molecule has 1 aliphatic rings. The van der Waals surface area contributed by atoms with Gasteiger partial charge in [-0.05, 0) is 35.4 Å². The molecule has 0 aromatic heterocycles. The Morgan fingerprint density at radius 3 is 2.19 bits per heavy atom. The fourth-order valence-corrected chi connectivity index (χ4v) is 4.39. The van der Waals surface area contributed by atoms with Crippen LogP contribution in [0.2, 0.25) is 15.1 Å². The van der Waals surface area contributed by atoms with Gasteiger partial charge in [-0.15, -0.1) is 0 Å². The van der Waals surface area contributed by atoms with Crippen LogP contribution in [0.3, 0.4) is 0 Å². The first-order valence-corrected chi connectivity index (χ1v) is 11.3. The summed E-state index contributed by atoms with van der Waals surface area (Å²) >= 11 is 18.6. The van der Waals surface area contributed by atoms with Crippen LogP contribution >= 0.6 is 34.8 Å². The van der Waals surface area contributed by atoms with E-state index in [1.165, 1.54) is 0 Å². The van der Waals surface area contributed by atoms with Crippen molar-refractivity contribution in [2.45, 2.75) is 18.3 Å². The van der Waals surface area contributed by atoms with E-state index in [4.69, 9.17) is 44.3 Å². The Morgan fingerprint density at radius 2 is 1.56 bits per heavy atom. The molecule has 32 heavy (non-hydrogen) atoms. The van der Waals surface area contributed by atoms with Gasteiger partial charge < -0.3 is 14.4 Å². The van der Waals surface area contributed by atoms with Gasteiger partial charge in [-0.25, -0.2) is 0 Å². The minimum Gasteiger partial charge on any atom is -0.367 e. The lowest BCUT2D eigenvalue weighted by molar-refractivity contribution is -0.158. The van der Waals surface area contributed by atoms with E-state index in [0.29, 0.717) is 28.2 Å². The van der Waals surface area contributed by atoms with E-state index < -0.39 is 12.2 Å². The van der Waals surface area contributed by atoms with Gasteiger partial charge in [-0.2, -0.15) is 0 Å². The zero-order valence-corrected chi connectivity index (χ0v) is 19.6. The molecule has 1 amide bonds. The molecule has 0 saturated carbocycles. The molecule has 1 aliphatic heterocycles. The van der Waals surface area contributed by atoms with Crippen molar-refractivity contribution in [2.24, 2.45) is 0 Å². The van der Waals surface area contributed by atoms with Gasteiger partial charge in [-0.1, -0.05) is 83.3 Å². The Balaban J connectivity index is 1.48. The fourth-order valence-electron chi connectivity index (χ4n) is 3.75. The number of carbonyl (C=O) groups is 1. The molecular weight excluding hydrogens is 469 g/mol. The molecule has 4 nitrogen and oxygen atoms in total. The van der Waals surface area contributed by atoms with Crippen LogP contribution < -0.4 is 0 Å². The Kier molecular flexibility index (Phi) is 7.39. The second kappa shape index (κ2) is 10.2. The maximum atomic E-state index is 13.0. The molecule has 3 aromatic rings. The van der Waals surface area contributed by atoms with Crippen molar-refractivity contribution in [3.63, 3.8) is 0 Å². The largest absolute Gasteiger partial charge is 0.367 e. The first kappa shape index (κ1) is 23.1. The Bertz CT molecular complexity index is 1070. The highest BCUT2D eigenvalue weighted by atomic mass is 35.5. The number of carbonyl (C=O) groups excluding carboxylic acids is 1. The molecule has 3 aromatic carbocycles. The van der Waals surface area contributed by atoms with Crippen LogP contribution in [0.4, 0.5) is 0 Å². The van der Waals surface area contributed by atoms with Crippen LogP contribution in [0, 0.1) is 0 Å². The number of hydrogen-bond donors (Lipinski definition) is 0. The quantitative estimate of drug-likeness (QED) is 0.387. The van der Waals surface area contributed by atoms with Crippen LogP contribution in [0.25, 0.3) is 0 Å². The summed E-state index contributed by atoms with van der Waals surface area (Å²) in [5, 5.41) is 1.72. The summed E-state index contributed by atoms with van der Waals surface area (Å²) in [5.74, 6) is -0.0777. The summed E-state index contributed by atoms with van der Waals surface area (Å²) in [6.07, 6.45) is -1.18. The number of methoxy groups -OCH3 is 1. The van der Waals surface area contributed by atoms with Gasteiger partial charge in [0.05, 0.1) is 6.10 Å². The second-order valence-electron chi connectivity index (χ2n) is 7.63. The molecular formula is C25H22Cl3NO3. The summed E-state index contributed by atoms with van der Waals surface area (Å²) in [4.78, 5) is 14.7. The molecule has 1 heterocycles. The lowest BCUT2D eigenvalue weighted by Gasteiger charge is -2.42. The van der Waals surface area contributed by atoms with Crippen molar-refractivity contribution < 1.29 is 14.3 Å². The van der Waals surface area contributed by atoms with Crippen molar-refractivity contribution in [3.05, 3.63) is 105 Å². The van der Waals surface area contributed by atoms with Crippen LogP contribution in [0.1, 0.15) is 28.9 Å². The Morgan fingerprint density at radius 1 is 0.906 bits per heavy atom. The molecule has 4 rings (SSSR count). The SMILES string of the molecule is COC(C(=O)N1CC(OC(c2ccc(Cl)cc2)c2ccc(Cl)cc2Cl)C1)c1ccccc1.